The van der Waals surface area contributed by atoms with Crippen molar-refractivity contribution in [3.05, 3.63) is 106 Å². The summed E-state index contributed by atoms with van der Waals surface area (Å²) >= 11 is 0. The molecule has 0 aliphatic carbocycles. The Morgan fingerprint density at radius 1 is 0.808 bits per heavy atom. The quantitative estimate of drug-likeness (QED) is 0.559. The molecule has 0 radical (unpaired) electrons. The number of rotatable bonds is 2. The third-order valence-electron chi connectivity index (χ3n) is 4.70. The Morgan fingerprint density at radius 2 is 1.42 bits per heavy atom. The minimum atomic E-state index is -0.403. The molecule has 1 atom stereocenters. The number of carbonyl (C=O) groups excluding carboxylic acids is 1. The van der Waals surface area contributed by atoms with Crippen LogP contribution in [0.25, 0.3) is 6.08 Å². The standard InChI is InChI=1S/C24H20O2/c1-16-7-11-18(12-8-16)15-21-23(25)20-5-3-4-6-22(20)26-24(21)19-13-9-17(2)10-14-19/h3-15,24H,1-2H3/b21-15-. The SMILES string of the molecule is Cc1ccc(/C=C2/C(=O)c3ccccc3OC2c2ccc(C)cc2)cc1. The lowest BCUT2D eigenvalue weighted by Crippen LogP contribution is -2.23. The van der Waals surface area contributed by atoms with E-state index in [1.807, 2.05) is 66.7 Å². The number of Topliss-reactive ketones (excluding diaryl/α,β-unsaturated/α-hetero) is 1. The first-order valence-electron chi connectivity index (χ1n) is 8.77. The van der Waals surface area contributed by atoms with Crippen LogP contribution >= 0.6 is 0 Å². The van der Waals surface area contributed by atoms with Crippen molar-refractivity contribution in [3.8, 4) is 5.75 Å². The third kappa shape index (κ3) is 3.06. The van der Waals surface area contributed by atoms with Gasteiger partial charge >= 0.3 is 0 Å². The Bertz CT molecular complexity index is 979. The van der Waals surface area contributed by atoms with E-state index in [9.17, 15) is 4.79 Å². The van der Waals surface area contributed by atoms with Gasteiger partial charge in [-0.05, 0) is 43.2 Å². The highest BCUT2D eigenvalue weighted by atomic mass is 16.5. The minimum absolute atomic E-state index is 0.0259. The molecule has 3 aromatic carbocycles. The molecule has 0 amide bonds. The maximum Gasteiger partial charge on any atom is 0.196 e. The average molecular weight is 340 g/mol. The van der Waals surface area contributed by atoms with Crippen LogP contribution in [0.2, 0.25) is 0 Å². The number of hydrogen-bond acceptors (Lipinski definition) is 2. The average Bonchev–Trinajstić information content (AvgIpc) is 2.66. The second-order valence-corrected chi connectivity index (χ2v) is 6.74. The van der Waals surface area contributed by atoms with Crippen LogP contribution in [0, 0.1) is 13.8 Å². The lowest BCUT2D eigenvalue weighted by molar-refractivity contribution is 0.0963. The first-order chi connectivity index (χ1) is 12.6. The minimum Gasteiger partial charge on any atom is -0.480 e. The number of ketones is 1. The van der Waals surface area contributed by atoms with E-state index < -0.39 is 6.10 Å². The van der Waals surface area contributed by atoms with E-state index in [4.69, 9.17) is 4.74 Å². The molecule has 1 aliphatic heterocycles. The molecule has 0 N–H and O–H groups in total. The second kappa shape index (κ2) is 6.64. The molecule has 0 saturated carbocycles. The van der Waals surface area contributed by atoms with Crippen molar-refractivity contribution < 1.29 is 9.53 Å². The summed E-state index contributed by atoms with van der Waals surface area (Å²) in [5, 5.41) is 0. The van der Waals surface area contributed by atoms with Gasteiger partial charge in [0.25, 0.3) is 0 Å². The summed E-state index contributed by atoms with van der Waals surface area (Å²) in [6.45, 7) is 4.10. The number of carbonyl (C=O) groups is 1. The summed E-state index contributed by atoms with van der Waals surface area (Å²) in [7, 11) is 0. The normalized spacial score (nSPS) is 17.7. The Hall–Kier alpha value is -3.13. The van der Waals surface area contributed by atoms with Crippen molar-refractivity contribution >= 4 is 11.9 Å². The van der Waals surface area contributed by atoms with E-state index in [2.05, 4.69) is 26.0 Å². The molecular formula is C24H20O2. The van der Waals surface area contributed by atoms with Gasteiger partial charge in [-0.15, -0.1) is 0 Å². The summed E-state index contributed by atoms with van der Waals surface area (Å²) < 4.78 is 6.25. The molecule has 128 valence electrons. The summed E-state index contributed by atoms with van der Waals surface area (Å²) in [4.78, 5) is 13.2. The number of benzene rings is 3. The molecule has 2 heteroatoms. The van der Waals surface area contributed by atoms with E-state index in [1.54, 1.807) is 0 Å². The van der Waals surface area contributed by atoms with Crippen LogP contribution in [0.3, 0.4) is 0 Å². The maximum absolute atomic E-state index is 13.2. The van der Waals surface area contributed by atoms with Gasteiger partial charge in [0.05, 0.1) is 5.56 Å². The molecule has 26 heavy (non-hydrogen) atoms. The highest BCUT2D eigenvalue weighted by Crippen LogP contribution is 2.39. The Kier molecular flexibility index (Phi) is 4.18. The predicted octanol–water partition coefficient (Wildman–Crippen LogP) is 5.70. The van der Waals surface area contributed by atoms with Gasteiger partial charge in [0.2, 0.25) is 0 Å². The zero-order valence-electron chi connectivity index (χ0n) is 14.9. The zero-order valence-corrected chi connectivity index (χ0v) is 14.9. The Labute approximate surface area is 153 Å². The smallest absolute Gasteiger partial charge is 0.196 e. The van der Waals surface area contributed by atoms with Crippen LogP contribution in [0.1, 0.15) is 38.7 Å². The first kappa shape index (κ1) is 16.3. The summed E-state index contributed by atoms with van der Waals surface area (Å²) in [5.74, 6) is 0.669. The topological polar surface area (TPSA) is 26.3 Å². The highest BCUT2D eigenvalue weighted by Gasteiger charge is 2.32. The van der Waals surface area contributed by atoms with Crippen molar-refractivity contribution in [1.29, 1.82) is 0 Å². The number of fused-ring (bicyclic) bond motifs is 1. The number of aryl methyl sites for hydroxylation is 2. The number of para-hydroxylation sites is 1. The largest absolute Gasteiger partial charge is 0.480 e. The van der Waals surface area contributed by atoms with Crippen LogP contribution in [0.4, 0.5) is 0 Å². The van der Waals surface area contributed by atoms with Crippen molar-refractivity contribution in [3.63, 3.8) is 0 Å². The van der Waals surface area contributed by atoms with Crippen molar-refractivity contribution in [2.24, 2.45) is 0 Å². The van der Waals surface area contributed by atoms with Gasteiger partial charge in [-0.25, -0.2) is 0 Å². The summed E-state index contributed by atoms with van der Waals surface area (Å²) in [6.07, 6.45) is 1.54. The van der Waals surface area contributed by atoms with Crippen LogP contribution in [-0.4, -0.2) is 5.78 Å². The Balaban J connectivity index is 1.84. The molecule has 0 fully saturated rings. The molecule has 0 saturated heterocycles. The van der Waals surface area contributed by atoms with Crippen LogP contribution in [0.15, 0.2) is 78.4 Å². The van der Waals surface area contributed by atoms with Gasteiger partial charge < -0.3 is 4.74 Å². The van der Waals surface area contributed by atoms with Crippen molar-refractivity contribution in [1.82, 2.24) is 0 Å². The zero-order chi connectivity index (χ0) is 18.1. The van der Waals surface area contributed by atoms with Crippen molar-refractivity contribution in [2.45, 2.75) is 20.0 Å². The molecule has 0 aromatic heterocycles. The lowest BCUT2D eigenvalue weighted by Gasteiger charge is -2.28. The molecule has 0 bridgehead atoms. The molecule has 1 aliphatic rings. The van der Waals surface area contributed by atoms with Crippen LogP contribution in [-0.2, 0) is 0 Å². The Morgan fingerprint density at radius 3 is 2.12 bits per heavy atom. The first-order valence-corrected chi connectivity index (χ1v) is 8.77. The van der Waals surface area contributed by atoms with Gasteiger partial charge in [0.1, 0.15) is 5.75 Å². The molecule has 4 rings (SSSR count). The molecule has 0 spiro atoms. The van der Waals surface area contributed by atoms with E-state index in [1.165, 1.54) is 11.1 Å². The molecule has 1 heterocycles. The van der Waals surface area contributed by atoms with Gasteiger partial charge in [-0.2, -0.15) is 0 Å². The summed E-state index contributed by atoms with van der Waals surface area (Å²) in [5.41, 5.74) is 5.64. The highest BCUT2D eigenvalue weighted by molar-refractivity contribution is 6.14. The lowest BCUT2D eigenvalue weighted by atomic mass is 9.89. The maximum atomic E-state index is 13.2. The molecule has 1 unspecified atom stereocenters. The number of ether oxygens (including phenoxy) is 1. The van der Waals surface area contributed by atoms with Crippen LogP contribution in [0.5, 0.6) is 5.75 Å². The van der Waals surface area contributed by atoms with Gasteiger partial charge in [0.15, 0.2) is 11.9 Å². The van der Waals surface area contributed by atoms with Gasteiger partial charge in [-0.3, -0.25) is 4.79 Å². The van der Waals surface area contributed by atoms with E-state index >= 15 is 0 Å². The monoisotopic (exact) mass is 340 g/mol. The fourth-order valence-corrected chi connectivity index (χ4v) is 3.19. The van der Waals surface area contributed by atoms with E-state index in [0.717, 1.165) is 11.1 Å². The number of hydrogen-bond donors (Lipinski definition) is 0. The fraction of sp³-hybridized carbons (Fsp3) is 0.125. The molecule has 3 aromatic rings. The van der Waals surface area contributed by atoms with E-state index in [0.29, 0.717) is 16.9 Å². The van der Waals surface area contributed by atoms with Crippen LogP contribution < -0.4 is 4.74 Å². The second-order valence-electron chi connectivity index (χ2n) is 6.74. The molecule has 2 nitrogen and oxygen atoms in total. The summed E-state index contributed by atoms with van der Waals surface area (Å²) in [6, 6.07) is 23.8. The third-order valence-corrected chi connectivity index (χ3v) is 4.70. The van der Waals surface area contributed by atoms with Crippen molar-refractivity contribution in [2.75, 3.05) is 0 Å². The van der Waals surface area contributed by atoms with E-state index in [-0.39, 0.29) is 5.78 Å². The fourth-order valence-electron chi connectivity index (χ4n) is 3.19. The van der Waals surface area contributed by atoms with Gasteiger partial charge in [0, 0.05) is 5.57 Å². The molecular weight excluding hydrogens is 320 g/mol. The van der Waals surface area contributed by atoms with Gasteiger partial charge in [-0.1, -0.05) is 71.8 Å². The predicted molar refractivity (Wildman–Crippen MR) is 104 cm³/mol.